The molecule has 0 aliphatic carbocycles. The lowest BCUT2D eigenvalue weighted by molar-refractivity contribution is 0.155. The van der Waals surface area contributed by atoms with Gasteiger partial charge in [0, 0.05) is 58.5 Å². The Balaban J connectivity index is 0.00000300. The molecule has 8 nitrogen and oxygen atoms in total. The van der Waals surface area contributed by atoms with E-state index in [0.29, 0.717) is 12.6 Å². The van der Waals surface area contributed by atoms with Crippen LogP contribution in [0, 0.1) is 0 Å². The number of H-pyrrole nitrogens is 1. The first-order valence-corrected chi connectivity index (χ1v) is 9.91. The summed E-state index contributed by atoms with van der Waals surface area (Å²) in [5.41, 5.74) is 2.20. The molecule has 1 aliphatic rings. The van der Waals surface area contributed by atoms with Crippen molar-refractivity contribution in [3.63, 3.8) is 0 Å². The van der Waals surface area contributed by atoms with Crippen LogP contribution in [0.1, 0.15) is 24.8 Å². The van der Waals surface area contributed by atoms with E-state index in [1.807, 2.05) is 19.2 Å². The third-order valence-electron chi connectivity index (χ3n) is 5.05. The molecule has 0 unspecified atom stereocenters. The lowest BCUT2D eigenvalue weighted by atomic mass is 10.1. The van der Waals surface area contributed by atoms with Crippen LogP contribution in [-0.2, 0) is 11.3 Å². The average molecular weight is 513 g/mol. The summed E-state index contributed by atoms with van der Waals surface area (Å²) >= 11 is 0. The first kappa shape index (κ1) is 23.6. The molecule has 2 aromatic rings. The fourth-order valence-electron chi connectivity index (χ4n) is 3.48. The topological polar surface area (TPSA) is 90.5 Å². The van der Waals surface area contributed by atoms with Crippen LogP contribution in [0.5, 0.6) is 0 Å². The van der Waals surface area contributed by atoms with Gasteiger partial charge in [0.25, 0.3) is 0 Å². The Bertz CT molecular complexity index is 730. The van der Waals surface area contributed by atoms with Crippen molar-refractivity contribution in [1.82, 2.24) is 30.7 Å². The number of aromatic amines is 1. The lowest BCUT2D eigenvalue weighted by Crippen LogP contribution is -2.48. The Morgan fingerprint density at radius 3 is 2.86 bits per heavy atom. The number of methoxy groups -OCH3 is 1. The molecule has 29 heavy (non-hydrogen) atoms. The van der Waals surface area contributed by atoms with Crippen LogP contribution in [0.2, 0.25) is 0 Å². The molecule has 0 bridgehead atoms. The van der Waals surface area contributed by atoms with Gasteiger partial charge in [-0.15, -0.1) is 24.0 Å². The second-order valence-electron chi connectivity index (χ2n) is 7.07. The van der Waals surface area contributed by atoms with Crippen molar-refractivity contribution < 1.29 is 4.74 Å². The Morgan fingerprint density at radius 1 is 1.34 bits per heavy atom. The van der Waals surface area contributed by atoms with Gasteiger partial charge in [-0.2, -0.15) is 5.10 Å². The fraction of sp³-hybridized carbons (Fsp3) is 0.550. The number of piperidine rings is 1. The number of guanidine groups is 1. The minimum Gasteiger partial charge on any atom is -0.385 e. The summed E-state index contributed by atoms with van der Waals surface area (Å²) in [7, 11) is 3.58. The predicted octanol–water partition coefficient (Wildman–Crippen LogP) is 2.26. The van der Waals surface area contributed by atoms with Gasteiger partial charge in [-0.3, -0.25) is 10.1 Å². The molecule has 3 N–H and O–H groups in total. The molecule has 0 radical (unpaired) electrons. The third-order valence-corrected chi connectivity index (χ3v) is 5.05. The molecule has 0 amide bonds. The van der Waals surface area contributed by atoms with Gasteiger partial charge in [-0.05, 0) is 30.9 Å². The van der Waals surface area contributed by atoms with Crippen molar-refractivity contribution in [2.24, 2.45) is 4.99 Å². The molecule has 1 aromatic heterocycles. The number of aromatic nitrogens is 3. The van der Waals surface area contributed by atoms with Crippen molar-refractivity contribution in [1.29, 1.82) is 0 Å². The van der Waals surface area contributed by atoms with Gasteiger partial charge in [-0.1, -0.05) is 18.2 Å². The van der Waals surface area contributed by atoms with Crippen molar-refractivity contribution in [2.45, 2.75) is 31.8 Å². The zero-order valence-electron chi connectivity index (χ0n) is 17.2. The van der Waals surface area contributed by atoms with Gasteiger partial charge in [0.15, 0.2) is 11.8 Å². The summed E-state index contributed by atoms with van der Waals surface area (Å²) < 4.78 is 5.14. The Labute approximate surface area is 189 Å². The molecule has 2 heterocycles. The van der Waals surface area contributed by atoms with E-state index in [-0.39, 0.29) is 24.0 Å². The molecule has 0 saturated carbocycles. The number of likely N-dealkylation sites (tertiary alicyclic amines) is 1. The highest BCUT2D eigenvalue weighted by molar-refractivity contribution is 14.0. The second kappa shape index (κ2) is 12.8. The van der Waals surface area contributed by atoms with E-state index in [1.165, 1.54) is 11.9 Å². The van der Waals surface area contributed by atoms with Crippen LogP contribution >= 0.6 is 24.0 Å². The highest BCUT2D eigenvalue weighted by atomic mass is 127. The number of benzene rings is 1. The molecule has 9 heteroatoms. The van der Waals surface area contributed by atoms with E-state index in [1.54, 1.807) is 7.11 Å². The zero-order valence-corrected chi connectivity index (χ0v) is 19.6. The SMILES string of the molecule is CN=C(NCc1cccc(-c2ncn[nH]2)c1)NC1CCN(CCCOC)CC1.I. The van der Waals surface area contributed by atoms with E-state index in [2.05, 4.69) is 47.8 Å². The van der Waals surface area contributed by atoms with Crippen molar-refractivity contribution >= 4 is 29.9 Å². The molecular formula is C20H32IN7O. The smallest absolute Gasteiger partial charge is 0.191 e. The first-order valence-electron chi connectivity index (χ1n) is 9.91. The molecule has 1 aliphatic heterocycles. The molecule has 0 spiro atoms. The minimum absolute atomic E-state index is 0. The summed E-state index contributed by atoms with van der Waals surface area (Å²) in [6, 6.07) is 8.73. The predicted molar refractivity (Wildman–Crippen MR) is 127 cm³/mol. The molecule has 1 saturated heterocycles. The van der Waals surface area contributed by atoms with Gasteiger partial charge >= 0.3 is 0 Å². The van der Waals surface area contributed by atoms with E-state index in [4.69, 9.17) is 4.74 Å². The molecule has 0 atom stereocenters. The maximum Gasteiger partial charge on any atom is 0.191 e. The van der Waals surface area contributed by atoms with Crippen LogP contribution in [0.25, 0.3) is 11.4 Å². The minimum atomic E-state index is 0. The third kappa shape index (κ3) is 7.56. The van der Waals surface area contributed by atoms with E-state index in [9.17, 15) is 0 Å². The zero-order chi connectivity index (χ0) is 19.6. The van der Waals surface area contributed by atoms with E-state index in [0.717, 1.165) is 62.9 Å². The second-order valence-corrected chi connectivity index (χ2v) is 7.07. The van der Waals surface area contributed by atoms with Crippen molar-refractivity contribution in [3.8, 4) is 11.4 Å². The summed E-state index contributed by atoms with van der Waals surface area (Å²) in [5, 5.41) is 13.8. The van der Waals surface area contributed by atoms with Crippen LogP contribution in [0.3, 0.4) is 0 Å². The molecule has 1 fully saturated rings. The quantitative estimate of drug-likeness (QED) is 0.217. The summed E-state index contributed by atoms with van der Waals surface area (Å²) in [6.45, 7) is 4.91. The number of hydrogen-bond acceptors (Lipinski definition) is 5. The normalized spacial score (nSPS) is 15.7. The van der Waals surface area contributed by atoms with Gasteiger partial charge in [0.05, 0.1) is 0 Å². The van der Waals surface area contributed by atoms with Crippen LogP contribution in [0.4, 0.5) is 0 Å². The number of rotatable bonds is 8. The number of hydrogen-bond donors (Lipinski definition) is 3. The standard InChI is InChI=1S/C20H31N7O.HI/c1-21-20(25-18-7-10-27(11-8-18)9-4-12-28-2)22-14-16-5-3-6-17(13-16)19-23-15-24-26-19;/h3,5-6,13,15,18H,4,7-12,14H2,1-2H3,(H2,21,22,25)(H,23,24,26);1H. The maximum absolute atomic E-state index is 5.14. The van der Waals surface area contributed by atoms with Gasteiger partial charge in [0.2, 0.25) is 0 Å². The van der Waals surface area contributed by atoms with Gasteiger partial charge < -0.3 is 20.3 Å². The van der Waals surface area contributed by atoms with Crippen molar-refractivity contribution in [2.75, 3.05) is 40.4 Å². The summed E-state index contributed by atoms with van der Waals surface area (Å²) in [4.78, 5) is 11.1. The van der Waals surface area contributed by atoms with Crippen LogP contribution < -0.4 is 10.6 Å². The maximum atomic E-state index is 5.14. The Morgan fingerprint density at radius 2 is 2.17 bits per heavy atom. The molecule has 1 aromatic carbocycles. The molecular weight excluding hydrogens is 481 g/mol. The average Bonchev–Trinajstić information content (AvgIpc) is 3.28. The molecule has 3 rings (SSSR count). The number of nitrogens with zero attached hydrogens (tertiary/aromatic N) is 4. The Kier molecular flexibility index (Phi) is 10.4. The van der Waals surface area contributed by atoms with Gasteiger partial charge in [0.1, 0.15) is 6.33 Å². The van der Waals surface area contributed by atoms with Crippen LogP contribution in [0.15, 0.2) is 35.6 Å². The number of halogens is 1. The summed E-state index contributed by atoms with van der Waals surface area (Å²) in [6.07, 6.45) is 4.89. The van der Waals surface area contributed by atoms with E-state index < -0.39 is 0 Å². The fourth-order valence-corrected chi connectivity index (χ4v) is 3.48. The van der Waals surface area contributed by atoms with Crippen molar-refractivity contribution in [3.05, 3.63) is 36.2 Å². The van der Waals surface area contributed by atoms with Gasteiger partial charge in [-0.25, -0.2) is 4.98 Å². The molecule has 160 valence electrons. The van der Waals surface area contributed by atoms with Crippen LogP contribution in [-0.4, -0.2) is 72.5 Å². The largest absolute Gasteiger partial charge is 0.385 e. The van der Waals surface area contributed by atoms with E-state index >= 15 is 0 Å². The lowest BCUT2D eigenvalue weighted by Gasteiger charge is -2.33. The number of ether oxygens (including phenoxy) is 1. The highest BCUT2D eigenvalue weighted by Crippen LogP contribution is 2.15. The summed E-state index contributed by atoms with van der Waals surface area (Å²) in [5.74, 6) is 1.63. The first-order chi connectivity index (χ1) is 13.8. The monoisotopic (exact) mass is 513 g/mol. The number of nitrogens with one attached hydrogen (secondary N) is 3. The Hall–Kier alpha value is -1.72. The highest BCUT2D eigenvalue weighted by Gasteiger charge is 2.19. The number of aliphatic imine (C=N–C) groups is 1.